The van der Waals surface area contributed by atoms with E-state index in [2.05, 4.69) is 5.10 Å². The molecule has 2 rings (SSSR count). The van der Waals surface area contributed by atoms with E-state index in [1.165, 1.54) is 20.3 Å². The minimum atomic E-state index is -3.69. The first kappa shape index (κ1) is 16.0. The normalized spacial score (nSPS) is 12.5. The Hall–Kier alpha value is -1.38. The van der Waals surface area contributed by atoms with Gasteiger partial charge in [0, 0.05) is 24.5 Å². The van der Waals surface area contributed by atoms with Gasteiger partial charge < -0.3 is 5.73 Å². The van der Waals surface area contributed by atoms with Crippen molar-refractivity contribution in [3.05, 3.63) is 28.1 Å². The lowest BCUT2D eigenvalue weighted by atomic mass is 10.4. The summed E-state index contributed by atoms with van der Waals surface area (Å²) in [6.07, 6.45) is 0. The van der Waals surface area contributed by atoms with E-state index >= 15 is 0 Å². The Balaban J connectivity index is 2.47. The molecule has 0 spiro atoms. The van der Waals surface area contributed by atoms with Crippen molar-refractivity contribution in [2.75, 3.05) is 5.73 Å². The highest BCUT2D eigenvalue weighted by atomic mass is 32.2. The molecule has 0 saturated carbocycles. The second-order valence-electron chi connectivity index (χ2n) is 5.15. The van der Waals surface area contributed by atoms with Crippen LogP contribution in [0.1, 0.15) is 24.4 Å². The number of aryl methyl sites for hydroxylation is 1. The van der Waals surface area contributed by atoms with Crippen LogP contribution in [0.2, 0.25) is 0 Å². The van der Waals surface area contributed by atoms with E-state index in [1.54, 1.807) is 14.0 Å². The van der Waals surface area contributed by atoms with Crippen LogP contribution in [0.15, 0.2) is 22.4 Å². The second kappa shape index (κ2) is 5.78. The van der Waals surface area contributed by atoms with Crippen molar-refractivity contribution in [2.24, 2.45) is 7.05 Å². The van der Waals surface area contributed by atoms with Crippen molar-refractivity contribution in [3.63, 3.8) is 0 Å². The number of thiophene rings is 1. The van der Waals surface area contributed by atoms with Gasteiger partial charge in [-0.05, 0) is 32.2 Å². The standard InChI is InChI=1S/C13H20N4O2S2/c1-9(2)17(8-11-6-5-7-20-11)21(18,19)12-10(3)16(4)15-13(12)14/h5-7,9H,8H2,1-4H3,(H2,14,15). The van der Waals surface area contributed by atoms with E-state index in [1.807, 2.05) is 31.4 Å². The molecule has 0 aliphatic heterocycles. The van der Waals surface area contributed by atoms with Crippen LogP contribution in [-0.2, 0) is 23.6 Å². The molecule has 2 heterocycles. The zero-order valence-electron chi connectivity index (χ0n) is 12.6. The Morgan fingerprint density at radius 3 is 2.57 bits per heavy atom. The average molecular weight is 328 g/mol. The lowest BCUT2D eigenvalue weighted by Crippen LogP contribution is -2.36. The van der Waals surface area contributed by atoms with Crippen molar-refractivity contribution in [3.8, 4) is 0 Å². The largest absolute Gasteiger partial charge is 0.381 e. The average Bonchev–Trinajstić information content (AvgIpc) is 2.95. The molecule has 21 heavy (non-hydrogen) atoms. The summed E-state index contributed by atoms with van der Waals surface area (Å²) in [5.74, 6) is 0.0480. The van der Waals surface area contributed by atoms with E-state index in [0.29, 0.717) is 12.2 Å². The summed E-state index contributed by atoms with van der Waals surface area (Å²) in [7, 11) is -2.00. The third-order valence-corrected chi connectivity index (χ3v) is 6.39. The van der Waals surface area contributed by atoms with Crippen LogP contribution in [0, 0.1) is 6.92 Å². The summed E-state index contributed by atoms with van der Waals surface area (Å²) in [6, 6.07) is 3.67. The summed E-state index contributed by atoms with van der Waals surface area (Å²) >= 11 is 1.54. The van der Waals surface area contributed by atoms with Gasteiger partial charge in [0.25, 0.3) is 0 Å². The third-order valence-electron chi connectivity index (χ3n) is 3.34. The lowest BCUT2D eigenvalue weighted by Gasteiger charge is -2.25. The van der Waals surface area contributed by atoms with Gasteiger partial charge in [-0.25, -0.2) is 8.42 Å². The van der Waals surface area contributed by atoms with E-state index in [-0.39, 0.29) is 16.8 Å². The minimum Gasteiger partial charge on any atom is -0.381 e. The fourth-order valence-electron chi connectivity index (χ4n) is 2.15. The molecule has 2 aromatic heterocycles. The number of nitrogens with zero attached hydrogens (tertiary/aromatic N) is 3. The maximum absolute atomic E-state index is 13.0. The maximum atomic E-state index is 13.0. The van der Waals surface area contributed by atoms with Gasteiger partial charge in [-0.3, -0.25) is 4.68 Å². The highest BCUT2D eigenvalue weighted by Crippen LogP contribution is 2.28. The Kier molecular flexibility index (Phi) is 4.40. The topological polar surface area (TPSA) is 81.2 Å². The van der Waals surface area contributed by atoms with Crippen molar-refractivity contribution < 1.29 is 8.42 Å². The Morgan fingerprint density at radius 2 is 2.14 bits per heavy atom. The van der Waals surface area contributed by atoms with Crippen LogP contribution < -0.4 is 5.73 Å². The SMILES string of the molecule is Cc1c(S(=O)(=O)N(Cc2cccs2)C(C)C)c(N)nn1C. The summed E-state index contributed by atoms with van der Waals surface area (Å²) in [5.41, 5.74) is 6.35. The van der Waals surface area contributed by atoms with Crippen LogP contribution in [0.4, 0.5) is 5.82 Å². The lowest BCUT2D eigenvalue weighted by molar-refractivity contribution is 0.350. The van der Waals surface area contributed by atoms with Crippen molar-refractivity contribution in [2.45, 2.75) is 38.3 Å². The summed E-state index contributed by atoms with van der Waals surface area (Å²) in [4.78, 5) is 1.10. The van der Waals surface area contributed by atoms with E-state index < -0.39 is 10.0 Å². The molecule has 116 valence electrons. The van der Waals surface area contributed by atoms with Crippen LogP contribution in [-0.4, -0.2) is 28.5 Å². The van der Waals surface area contributed by atoms with E-state index in [4.69, 9.17) is 5.73 Å². The number of rotatable bonds is 5. The van der Waals surface area contributed by atoms with Gasteiger partial charge in [0.15, 0.2) is 5.82 Å². The van der Waals surface area contributed by atoms with Crippen LogP contribution in [0.25, 0.3) is 0 Å². The molecular weight excluding hydrogens is 308 g/mol. The molecule has 0 aromatic carbocycles. The molecule has 0 unspecified atom stereocenters. The quantitative estimate of drug-likeness (QED) is 0.910. The molecule has 0 bridgehead atoms. The van der Waals surface area contributed by atoms with Gasteiger partial charge >= 0.3 is 0 Å². The summed E-state index contributed by atoms with van der Waals surface area (Å²) in [5, 5.41) is 5.94. The molecular formula is C13H20N4O2S2. The monoisotopic (exact) mass is 328 g/mol. The zero-order valence-corrected chi connectivity index (χ0v) is 14.2. The van der Waals surface area contributed by atoms with E-state index in [0.717, 1.165) is 4.88 Å². The smallest absolute Gasteiger partial charge is 0.249 e. The molecule has 0 aliphatic rings. The molecule has 0 atom stereocenters. The number of nitrogens with two attached hydrogens (primary N) is 1. The first-order chi connectivity index (χ1) is 9.75. The molecule has 0 fully saturated rings. The first-order valence-electron chi connectivity index (χ1n) is 6.58. The molecule has 6 nitrogen and oxygen atoms in total. The van der Waals surface area contributed by atoms with Gasteiger partial charge in [0.2, 0.25) is 10.0 Å². The predicted octanol–water partition coefficient (Wildman–Crippen LogP) is 1.97. The van der Waals surface area contributed by atoms with Gasteiger partial charge in [-0.15, -0.1) is 11.3 Å². The van der Waals surface area contributed by atoms with Gasteiger partial charge in [0.1, 0.15) is 4.90 Å². The van der Waals surface area contributed by atoms with E-state index in [9.17, 15) is 8.42 Å². The van der Waals surface area contributed by atoms with Crippen LogP contribution in [0.3, 0.4) is 0 Å². The molecule has 8 heteroatoms. The number of aromatic nitrogens is 2. The third kappa shape index (κ3) is 2.97. The molecule has 0 saturated heterocycles. The molecule has 0 aliphatic carbocycles. The Morgan fingerprint density at radius 1 is 1.48 bits per heavy atom. The van der Waals surface area contributed by atoms with Gasteiger partial charge in [-0.1, -0.05) is 6.07 Å². The Bertz CT molecular complexity index is 718. The fourth-order valence-corrected chi connectivity index (χ4v) is 4.85. The second-order valence-corrected chi connectivity index (χ2v) is 8.01. The highest BCUT2D eigenvalue weighted by molar-refractivity contribution is 7.89. The number of hydrogen-bond donors (Lipinski definition) is 1. The number of anilines is 1. The van der Waals surface area contributed by atoms with Gasteiger partial charge in [-0.2, -0.15) is 9.40 Å². The minimum absolute atomic E-state index is 0.0480. The molecule has 2 aromatic rings. The molecule has 0 radical (unpaired) electrons. The van der Waals surface area contributed by atoms with Gasteiger partial charge in [0.05, 0.1) is 5.69 Å². The molecule has 0 amide bonds. The van der Waals surface area contributed by atoms with Crippen molar-refractivity contribution in [1.82, 2.24) is 14.1 Å². The first-order valence-corrected chi connectivity index (χ1v) is 8.90. The van der Waals surface area contributed by atoms with Crippen LogP contribution in [0.5, 0.6) is 0 Å². The zero-order chi connectivity index (χ0) is 15.8. The number of hydrogen-bond acceptors (Lipinski definition) is 5. The van der Waals surface area contributed by atoms with Crippen molar-refractivity contribution in [1.29, 1.82) is 0 Å². The fraction of sp³-hybridized carbons (Fsp3) is 0.462. The predicted molar refractivity (Wildman–Crippen MR) is 84.5 cm³/mol. The summed E-state index contributed by atoms with van der Waals surface area (Å²) < 4.78 is 28.9. The van der Waals surface area contributed by atoms with Crippen LogP contribution >= 0.6 is 11.3 Å². The van der Waals surface area contributed by atoms with Crippen molar-refractivity contribution >= 4 is 27.2 Å². The highest BCUT2D eigenvalue weighted by Gasteiger charge is 2.33. The number of sulfonamides is 1. The Labute approximate surface area is 129 Å². The number of nitrogen functional groups attached to an aromatic ring is 1. The summed E-state index contributed by atoms with van der Waals surface area (Å²) in [6.45, 7) is 5.76. The molecule has 2 N–H and O–H groups in total. The maximum Gasteiger partial charge on any atom is 0.249 e.